The molecular formula is C25H34. The number of hydrogen-bond donors (Lipinski definition) is 0. The van der Waals surface area contributed by atoms with Crippen molar-refractivity contribution in [3.8, 4) is 0 Å². The second-order valence-electron chi connectivity index (χ2n) is 7.96. The van der Waals surface area contributed by atoms with Crippen LogP contribution in [0.2, 0.25) is 0 Å². The van der Waals surface area contributed by atoms with Crippen LogP contribution in [0.1, 0.15) is 82.3 Å². The van der Waals surface area contributed by atoms with Crippen LogP contribution in [0.25, 0.3) is 0 Å². The van der Waals surface area contributed by atoms with E-state index in [9.17, 15) is 0 Å². The molecule has 0 aromatic heterocycles. The molecule has 0 saturated heterocycles. The Labute approximate surface area is 154 Å². The molecule has 0 atom stereocenters. The van der Waals surface area contributed by atoms with E-state index in [-0.39, 0.29) is 5.41 Å². The summed E-state index contributed by atoms with van der Waals surface area (Å²) in [5.41, 5.74) is 3.27. The number of hydrogen-bond acceptors (Lipinski definition) is 0. The van der Waals surface area contributed by atoms with Crippen molar-refractivity contribution in [3.63, 3.8) is 0 Å². The maximum absolute atomic E-state index is 2.35. The fourth-order valence-electron chi connectivity index (χ4n) is 4.75. The fourth-order valence-corrected chi connectivity index (χ4v) is 4.75. The van der Waals surface area contributed by atoms with Crippen LogP contribution in [0.4, 0.5) is 0 Å². The van der Waals surface area contributed by atoms with Gasteiger partial charge in [-0.25, -0.2) is 0 Å². The third kappa shape index (κ3) is 4.54. The Kier molecular flexibility index (Phi) is 6.73. The molecule has 134 valence electrons. The highest BCUT2D eigenvalue weighted by Gasteiger charge is 2.37. The zero-order valence-corrected chi connectivity index (χ0v) is 15.9. The first kappa shape index (κ1) is 18.2. The van der Waals surface area contributed by atoms with Crippen molar-refractivity contribution in [2.24, 2.45) is 5.92 Å². The first-order chi connectivity index (χ1) is 12.3. The van der Waals surface area contributed by atoms with Gasteiger partial charge in [-0.2, -0.15) is 0 Å². The average Bonchev–Trinajstić information content (AvgIpc) is 2.70. The second kappa shape index (κ2) is 9.22. The Morgan fingerprint density at radius 1 is 0.720 bits per heavy atom. The number of benzene rings is 2. The van der Waals surface area contributed by atoms with Crippen LogP contribution in [0.3, 0.4) is 0 Å². The zero-order valence-electron chi connectivity index (χ0n) is 15.9. The first-order valence-corrected chi connectivity index (χ1v) is 10.5. The average molecular weight is 335 g/mol. The molecule has 2 aromatic carbocycles. The van der Waals surface area contributed by atoms with Gasteiger partial charge in [-0.3, -0.25) is 0 Å². The van der Waals surface area contributed by atoms with Gasteiger partial charge in [0, 0.05) is 5.41 Å². The van der Waals surface area contributed by atoms with Crippen LogP contribution in [0, 0.1) is 5.92 Å². The molecule has 0 spiro atoms. The van der Waals surface area contributed by atoms with Gasteiger partial charge in [-0.05, 0) is 42.7 Å². The van der Waals surface area contributed by atoms with E-state index < -0.39 is 0 Å². The van der Waals surface area contributed by atoms with E-state index in [2.05, 4.69) is 67.6 Å². The summed E-state index contributed by atoms with van der Waals surface area (Å²) >= 11 is 0. The van der Waals surface area contributed by atoms with Crippen molar-refractivity contribution in [2.45, 2.75) is 76.5 Å². The normalized spacial score (nSPS) is 17.5. The van der Waals surface area contributed by atoms with Crippen molar-refractivity contribution < 1.29 is 0 Å². The Hall–Kier alpha value is -1.56. The highest BCUT2D eigenvalue weighted by atomic mass is 14.4. The molecule has 0 radical (unpaired) electrons. The van der Waals surface area contributed by atoms with E-state index in [1.807, 2.05) is 0 Å². The van der Waals surface area contributed by atoms with Crippen LogP contribution < -0.4 is 0 Å². The van der Waals surface area contributed by atoms with E-state index in [4.69, 9.17) is 0 Å². The first-order valence-electron chi connectivity index (χ1n) is 10.5. The SMILES string of the molecule is CCCCCCCC1CCC(c2ccccc2)(c2ccccc2)CC1. The molecule has 1 saturated carbocycles. The van der Waals surface area contributed by atoms with Crippen molar-refractivity contribution >= 4 is 0 Å². The van der Waals surface area contributed by atoms with Gasteiger partial charge in [0.05, 0.1) is 0 Å². The molecule has 1 fully saturated rings. The molecule has 1 aliphatic carbocycles. The second-order valence-corrected chi connectivity index (χ2v) is 7.96. The highest BCUT2D eigenvalue weighted by molar-refractivity contribution is 5.39. The smallest absolute Gasteiger partial charge is 0.0203 e. The van der Waals surface area contributed by atoms with Gasteiger partial charge >= 0.3 is 0 Å². The Balaban J connectivity index is 1.66. The molecule has 0 amide bonds. The summed E-state index contributed by atoms with van der Waals surface area (Å²) in [6.07, 6.45) is 13.9. The lowest BCUT2D eigenvalue weighted by atomic mass is 9.62. The molecule has 0 aliphatic heterocycles. The zero-order chi connectivity index (χ0) is 17.4. The Morgan fingerprint density at radius 3 is 1.76 bits per heavy atom. The van der Waals surface area contributed by atoms with E-state index in [1.54, 1.807) is 0 Å². The maximum atomic E-state index is 2.35. The largest absolute Gasteiger partial charge is 0.0654 e. The minimum absolute atomic E-state index is 0.237. The highest BCUT2D eigenvalue weighted by Crippen LogP contribution is 2.47. The van der Waals surface area contributed by atoms with E-state index in [1.165, 1.54) is 75.3 Å². The topological polar surface area (TPSA) is 0 Å². The molecule has 0 unspecified atom stereocenters. The van der Waals surface area contributed by atoms with E-state index >= 15 is 0 Å². The molecule has 0 heteroatoms. The van der Waals surface area contributed by atoms with Gasteiger partial charge in [-0.15, -0.1) is 0 Å². The molecule has 2 aromatic rings. The summed E-state index contributed by atoms with van der Waals surface area (Å²) < 4.78 is 0. The Bertz CT molecular complexity index is 549. The molecule has 25 heavy (non-hydrogen) atoms. The summed E-state index contributed by atoms with van der Waals surface area (Å²) in [6.45, 7) is 2.30. The Morgan fingerprint density at radius 2 is 1.24 bits per heavy atom. The molecule has 3 rings (SSSR count). The number of rotatable bonds is 8. The number of unbranched alkanes of at least 4 members (excludes halogenated alkanes) is 4. The minimum Gasteiger partial charge on any atom is -0.0654 e. The van der Waals surface area contributed by atoms with E-state index in [0.29, 0.717) is 0 Å². The molecule has 1 aliphatic rings. The summed E-state index contributed by atoms with van der Waals surface area (Å²) in [7, 11) is 0. The molecule has 0 heterocycles. The van der Waals surface area contributed by atoms with Crippen molar-refractivity contribution in [1.82, 2.24) is 0 Å². The summed E-state index contributed by atoms with van der Waals surface area (Å²) in [5.74, 6) is 0.946. The van der Waals surface area contributed by atoms with Gasteiger partial charge in [0.15, 0.2) is 0 Å². The minimum atomic E-state index is 0.237. The third-order valence-electron chi connectivity index (χ3n) is 6.33. The van der Waals surface area contributed by atoms with E-state index in [0.717, 1.165) is 5.92 Å². The molecule has 0 bridgehead atoms. The van der Waals surface area contributed by atoms with Crippen molar-refractivity contribution in [3.05, 3.63) is 71.8 Å². The molecular weight excluding hydrogens is 300 g/mol. The lowest BCUT2D eigenvalue weighted by Gasteiger charge is -2.41. The predicted molar refractivity (Wildman–Crippen MR) is 109 cm³/mol. The summed E-state index contributed by atoms with van der Waals surface area (Å²) in [4.78, 5) is 0. The van der Waals surface area contributed by atoms with Gasteiger partial charge in [0.2, 0.25) is 0 Å². The summed E-state index contributed by atoms with van der Waals surface area (Å²) in [6, 6.07) is 22.5. The van der Waals surface area contributed by atoms with Crippen LogP contribution in [-0.4, -0.2) is 0 Å². The van der Waals surface area contributed by atoms with Crippen LogP contribution in [0.15, 0.2) is 60.7 Å². The van der Waals surface area contributed by atoms with Crippen molar-refractivity contribution in [1.29, 1.82) is 0 Å². The van der Waals surface area contributed by atoms with Crippen LogP contribution >= 0.6 is 0 Å². The third-order valence-corrected chi connectivity index (χ3v) is 6.33. The van der Waals surface area contributed by atoms with Gasteiger partial charge in [-0.1, -0.05) is 106 Å². The quantitative estimate of drug-likeness (QED) is 0.438. The summed E-state index contributed by atoms with van der Waals surface area (Å²) in [5, 5.41) is 0. The molecule has 0 nitrogen and oxygen atoms in total. The van der Waals surface area contributed by atoms with Gasteiger partial charge in [0.25, 0.3) is 0 Å². The van der Waals surface area contributed by atoms with Crippen molar-refractivity contribution in [2.75, 3.05) is 0 Å². The fraction of sp³-hybridized carbons (Fsp3) is 0.520. The van der Waals surface area contributed by atoms with Crippen LogP contribution in [0.5, 0.6) is 0 Å². The lowest BCUT2D eigenvalue weighted by molar-refractivity contribution is 0.250. The molecule has 0 N–H and O–H groups in total. The predicted octanol–water partition coefficient (Wildman–Crippen LogP) is 7.52. The van der Waals surface area contributed by atoms with Gasteiger partial charge in [0.1, 0.15) is 0 Å². The van der Waals surface area contributed by atoms with Gasteiger partial charge < -0.3 is 0 Å². The standard InChI is InChI=1S/C25H34/c1-2-3-4-5-8-13-22-18-20-25(21-19-22,23-14-9-6-10-15-23)24-16-11-7-12-17-24/h6-7,9-12,14-17,22H,2-5,8,13,18-21H2,1H3. The monoisotopic (exact) mass is 334 g/mol. The maximum Gasteiger partial charge on any atom is 0.0203 e. The lowest BCUT2D eigenvalue weighted by Crippen LogP contribution is -2.33. The van der Waals surface area contributed by atoms with Crippen LogP contribution in [-0.2, 0) is 5.41 Å².